The van der Waals surface area contributed by atoms with E-state index in [1.54, 1.807) is 29.2 Å². The Morgan fingerprint density at radius 1 is 1.06 bits per heavy atom. The molecule has 2 aromatic carbocycles. The second-order valence-corrected chi connectivity index (χ2v) is 10.3. The van der Waals surface area contributed by atoms with Crippen LogP contribution < -0.4 is 4.74 Å². The third-order valence-corrected chi connectivity index (χ3v) is 7.95. The molecule has 154 valence electrons. The summed E-state index contributed by atoms with van der Waals surface area (Å²) in [5, 5.41) is 10.5. The monoisotopic (exact) mass is 507 g/mol. The molecule has 0 unspecified atom stereocenters. The Bertz CT molecular complexity index is 1290. The first-order valence-corrected chi connectivity index (χ1v) is 12.7. The molecule has 0 aliphatic heterocycles. The van der Waals surface area contributed by atoms with E-state index in [0.29, 0.717) is 22.9 Å². The molecular formula is C24H18BrN3OS2. The van der Waals surface area contributed by atoms with Gasteiger partial charge in [0.1, 0.15) is 22.5 Å². The van der Waals surface area contributed by atoms with Crippen LogP contribution >= 0.6 is 39.0 Å². The zero-order valence-electron chi connectivity index (χ0n) is 16.6. The lowest BCUT2D eigenvalue weighted by Gasteiger charge is -2.13. The normalized spacial score (nSPS) is 13.0. The maximum Gasteiger partial charge on any atom is 0.231 e. The van der Waals surface area contributed by atoms with Gasteiger partial charge in [-0.25, -0.2) is 4.98 Å². The number of hydrogen-bond acceptors (Lipinski definition) is 6. The fourth-order valence-corrected chi connectivity index (χ4v) is 6.02. The molecule has 4 nitrogen and oxygen atoms in total. The molecule has 0 bridgehead atoms. The molecule has 31 heavy (non-hydrogen) atoms. The van der Waals surface area contributed by atoms with Crippen LogP contribution in [0.5, 0.6) is 11.6 Å². The van der Waals surface area contributed by atoms with E-state index in [9.17, 15) is 5.26 Å². The Balaban J connectivity index is 1.55. The number of halogens is 1. The van der Waals surface area contributed by atoms with Gasteiger partial charge in [0.05, 0.1) is 16.7 Å². The van der Waals surface area contributed by atoms with Gasteiger partial charge in [0.25, 0.3) is 0 Å². The summed E-state index contributed by atoms with van der Waals surface area (Å²) >= 11 is 6.94. The van der Waals surface area contributed by atoms with E-state index in [4.69, 9.17) is 14.7 Å². The van der Waals surface area contributed by atoms with Gasteiger partial charge in [0.15, 0.2) is 0 Å². The third kappa shape index (κ3) is 4.33. The largest absolute Gasteiger partial charge is 0.437 e. The van der Waals surface area contributed by atoms with Crippen molar-refractivity contribution in [3.63, 3.8) is 0 Å². The van der Waals surface area contributed by atoms with Crippen molar-refractivity contribution in [2.75, 3.05) is 0 Å². The zero-order chi connectivity index (χ0) is 21.2. The molecule has 0 radical (unpaired) electrons. The van der Waals surface area contributed by atoms with Crippen LogP contribution in [0, 0.1) is 11.3 Å². The van der Waals surface area contributed by atoms with Crippen molar-refractivity contribution in [3.8, 4) is 17.7 Å². The van der Waals surface area contributed by atoms with E-state index in [1.165, 1.54) is 23.3 Å². The van der Waals surface area contributed by atoms with Gasteiger partial charge in [-0.3, -0.25) is 0 Å². The third-order valence-electron chi connectivity index (χ3n) is 5.22. The van der Waals surface area contributed by atoms with Crippen LogP contribution in [0.3, 0.4) is 0 Å². The topological polar surface area (TPSA) is 58.8 Å². The molecule has 2 heterocycles. The molecule has 0 N–H and O–H groups in total. The highest BCUT2D eigenvalue weighted by Gasteiger charge is 2.23. The van der Waals surface area contributed by atoms with E-state index in [1.807, 2.05) is 30.3 Å². The number of thiophene rings is 1. The van der Waals surface area contributed by atoms with Crippen molar-refractivity contribution in [3.05, 3.63) is 74.8 Å². The van der Waals surface area contributed by atoms with Gasteiger partial charge in [0, 0.05) is 14.2 Å². The van der Waals surface area contributed by atoms with Crippen molar-refractivity contribution in [2.45, 2.75) is 36.3 Å². The smallest absolute Gasteiger partial charge is 0.231 e. The van der Waals surface area contributed by atoms with E-state index >= 15 is 0 Å². The molecular weight excluding hydrogens is 490 g/mol. The number of nitriles is 1. The van der Waals surface area contributed by atoms with Crippen molar-refractivity contribution in [2.24, 2.45) is 0 Å². The molecule has 1 aliphatic rings. The number of ether oxygens (including phenoxy) is 1. The van der Waals surface area contributed by atoms with Gasteiger partial charge >= 0.3 is 0 Å². The molecule has 0 fully saturated rings. The van der Waals surface area contributed by atoms with E-state index in [-0.39, 0.29) is 0 Å². The Hall–Kier alpha value is -2.40. The number of benzene rings is 2. The summed E-state index contributed by atoms with van der Waals surface area (Å²) in [4.78, 5) is 13.2. The SMILES string of the molecule is N#Cc1ccccc1Oc1nc(CSc2ccc(Br)cc2)nc2sc3c(c12)CCCC3. The number of para-hydroxylation sites is 1. The molecule has 4 aromatic rings. The number of aryl methyl sites for hydroxylation is 2. The lowest BCUT2D eigenvalue weighted by atomic mass is 9.97. The maximum absolute atomic E-state index is 9.48. The Kier molecular flexibility index (Phi) is 5.95. The summed E-state index contributed by atoms with van der Waals surface area (Å²) in [5.74, 6) is 2.49. The van der Waals surface area contributed by atoms with Crippen molar-refractivity contribution in [1.82, 2.24) is 9.97 Å². The standard InChI is InChI=1S/C24H18BrN3OS2/c25-16-9-11-17(12-10-16)30-14-21-27-23(29-19-7-3-1-5-15(19)13-26)22-18-6-2-4-8-20(18)31-24(22)28-21/h1,3,5,7,9-12H,2,4,6,8,14H2. The number of aromatic nitrogens is 2. The van der Waals surface area contributed by atoms with E-state index in [0.717, 1.165) is 38.3 Å². The molecule has 2 aromatic heterocycles. The number of thioether (sulfide) groups is 1. The van der Waals surface area contributed by atoms with Crippen LogP contribution in [0.1, 0.15) is 34.7 Å². The predicted molar refractivity (Wildman–Crippen MR) is 129 cm³/mol. The molecule has 0 spiro atoms. The summed E-state index contributed by atoms with van der Waals surface area (Å²) in [6.07, 6.45) is 4.51. The Labute approximate surface area is 197 Å². The van der Waals surface area contributed by atoms with Crippen LogP contribution in [0.2, 0.25) is 0 Å². The number of nitrogens with zero attached hydrogens (tertiary/aromatic N) is 3. The second kappa shape index (κ2) is 8.99. The van der Waals surface area contributed by atoms with Crippen LogP contribution in [-0.4, -0.2) is 9.97 Å². The first-order chi connectivity index (χ1) is 15.2. The van der Waals surface area contributed by atoms with Gasteiger partial charge in [-0.15, -0.1) is 23.1 Å². The van der Waals surface area contributed by atoms with Crippen molar-refractivity contribution in [1.29, 1.82) is 5.26 Å². The quantitative estimate of drug-likeness (QED) is 0.265. The Morgan fingerprint density at radius 2 is 1.87 bits per heavy atom. The second-order valence-electron chi connectivity index (χ2n) is 7.29. The summed E-state index contributed by atoms with van der Waals surface area (Å²) in [7, 11) is 0. The Morgan fingerprint density at radius 3 is 2.71 bits per heavy atom. The molecule has 5 rings (SSSR count). The van der Waals surface area contributed by atoms with Gasteiger partial charge in [0.2, 0.25) is 5.88 Å². The minimum Gasteiger partial charge on any atom is -0.437 e. The molecule has 0 atom stereocenters. The van der Waals surface area contributed by atoms with Gasteiger partial charge in [-0.2, -0.15) is 10.2 Å². The van der Waals surface area contributed by atoms with Crippen molar-refractivity contribution >= 4 is 49.2 Å². The van der Waals surface area contributed by atoms with Crippen LogP contribution in [0.25, 0.3) is 10.2 Å². The first kappa shape index (κ1) is 20.5. The van der Waals surface area contributed by atoms with Gasteiger partial charge < -0.3 is 4.74 Å². The average molecular weight is 508 g/mol. The number of fused-ring (bicyclic) bond motifs is 3. The summed E-state index contributed by atoms with van der Waals surface area (Å²) in [6, 6.07) is 17.7. The summed E-state index contributed by atoms with van der Waals surface area (Å²) < 4.78 is 7.32. The van der Waals surface area contributed by atoms with E-state index < -0.39 is 0 Å². The van der Waals surface area contributed by atoms with Crippen LogP contribution in [-0.2, 0) is 18.6 Å². The maximum atomic E-state index is 9.48. The van der Waals surface area contributed by atoms with E-state index in [2.05, 4.69) is 34.1 Å². The van der Waals surface area contributed by atoms with Crippen molar-refractivity contribution < 1.29 is 4.74 Å². The highest BCUT2D eigenvalue weighted by atomic mass is 79.9. The van der Waals surface area contributed by atoms with Crippen LogP contribution in [0.4, 0.5) is 0 Å². The highest BCUT2D eigenvalue weighted by molar-refractivity contribution is 9.10. The minimum atomic E-state index is 0.504. The number of hydrogen-bond donors (Lipinski definition) is 0. The molecule has 1 aliphatic carbocycles. The fraction of sp³-hybridized carbons (Fsp3) is 0.208. The summed E-state index contributed by atoms with van der Waals surface area (Å²) in [6.45, 7) is 0. The minimum absolute atomic E-state index is 0.504. The number of rotatable bonds is 5. The van der Waals surface area contributed by atoms with Crippen LogP contribution in [0.15, 0.2) is 57.9 Å². The lowest BCUT2D eigenvalue weighted by molar-refractivity contribution is 0.464. The molecule has 0 saturated carbocycles. The predicted octanol–water partition coefficient (Wildman–Crippen LogP) is 7.29. The average Bonchev–Trinajstić information content (AvgIpc) is 3.18. The molecule has 0 amide bonds. The zero-order valence-corrected chi connectivity index (χ0v) is 19.8. The lowest BCUT2D eigenvalue weighted by Crippen LogP contribution is -2.01. The van der Waals surface area contributed by atoms with Gasteiger partial charge in [-0.05, 0) is 67.6 Å². The molecule has 7 heteroatoms. The molecule has 0 saturated heterocycles. The van der Waals surface area contributed by atoms with Gasteiger partial charge in [-0.1, -0.05) is 28.1 Å². The summed E-state index contributed by atoms with van der Waals surface area (Å²) in [5.41, 5.74) is 1.83. The highest BCUT2D eigenvalue weighted by Crippen LogP contribution is 2.41. The fourth-order valence-electron chi connectivity index (χ4n) is 3.74. The first-order valence-electron chi connectivity index (χ1n) is 10.1.